The summed E-state index contributed by atoms with van der Waals surface area (Å²) in [4.78, 5) is 25.7. The molecule has 2 aromatic heterocycles. The fraction of sp³-hybridized carbons (Fsp3) is 0. The van der Waals surface area contributed by atoms with Crippen molar-refractivity contribution < 1.29 is 0 Å². The first-order valence-corrected chi connectivity index (χ1v) is 7.91. The van der Waals surface area contributed by atoms with Gasteiger partial charge in [-0.15, -0.1) is 0 Å². The maximum Gasteiger partial charge on any atom is 0.267 e. The van der Waals surface area contributed by atoms with Gasteiger partial charge in [-0.2, -0.15) is 0 Å². The average molecular weight is 350 g/mol. The molecule has 0 aliphatic rings. The van der Waals surface area contributed by atoms with E-state index in [1.807, 2.05) is 30.3 Å². The second kappa shape index (κ2) is 6.33. The van der Waals surface area contributed by atoms with Crippen molar-refractivity contribution in [2.45, 2.75) is 0 Å². The Bertz CT molecular complexity index is 1100. The molecular weight excluding hydrogens is 338 g/mol. The minimum absolute atomic E-state index is 0.213. The van der Waals surface area contributed by atoms with Crippen molar-refractivity contribution in [3.8, 4) is 5.69 Å². The van der Waals surface area contributed by atoms with Crippen LogP contribution in [0.25, 0.3) is 16.6 Å². The summed E-state index contributed by atoms with van der Waals surface area (Å²) in [5, 5.41) is 4.02. The molecule has 7 heteroatoms. The summed E-state index contributed by atoms with van der Waals surface area (Å²) in [7, 11) is 0. The third kappa shape index (κ3) is 2.95. The van der Waals surface area contributed by atoms with E-state index in [0.29, 0.717) is 33.4 Å². The second-order valence-electron chi connectivity index (χ2n) is 5.29. The number of fused-ring (bicyclic) bond motifs is 1. The van der Waals surface area contributed by atoms with Crippen LogP contribution in [0, 0.1) is 0 Å². The number of halogens is 1. The van der Waals surface area contributed by atoms with E-state index >= 15 is 0 Å². The van der Waals surface area contributed by atoms with E-state index < -0.39 is 0 Å². The zero-order valence-corrected chi connectivity index (χ0v) is 13.7. The predicted octanol–water partition coefficient (Wildman–Crippen LogP) is 3.57. The highest BCUT2D eigenvalue weighted by atomic mass is 35.5. The van der Waals surface area contributed by atoms with Crippen LogP contribution >= 0.6 is 11.6 Å². The van der Waals surface area contributed by atoms with E-state index in [1.165, 1.54) is 10.9 Å². The van der Waals surface area contributed by atoms with Crippen molar-refractivity contribution in [1.82, 2.24) is 19.5 Å². The maximum absolute atomic E-state index is 13.1. The van der Waals surface area contributed by atoms with Gasteiger partial charge in [0, 0.05) is 11.2 Å². The first kappa shape index (κ1) is 15.3. The molecule has 0 atom stereocenters. The summed E-state index contributed by atoms with van der Waals surface area (Å²) in [6.07, 6.45) is 3.04. The SMILES string of the molecule is O=c1c2cc(Cl)ccc2nc(Nc2ccncn2)n1-c1ccccc1. The molecule has 25 heavy (non-hydrogen) atoms. The minimum atomic E-state index is -0.213. The van der Waals surface area contributed by atoms with Crippen molar-refractivity contribution in [2.75, 3.05) is 5.32 Å². The van der Waals surface area contributed by atoms with Gasteiger partial charge in [0.15, 0.2) is 0 Å². The number of hydrogen-bond acceptors (Lipinski definition) is 5. The van der Waals surface area contributed by atoms with Crippen molar-refractivity contribution in [2.24, 2.45) is 0 Å². The predicted molar refractivity (Wildman–Crippen MR) is 97.7 cm³/mol. The molecule has 6 nitrogen and oxygen atoms in total. The van der Waals surface area contributed by atoms with Crippen LogP contribution in [-0.2, 0) is 0 Å². The van der Waals surface area contributed by atoms with E-state index in [2.05, 4.69) is 20.3 Å². The highest BCUT2D eigenvalue weighted by Gasteiger charge is 2.13. The number of aromatic nitrogens is 4. The van der Waals surface area contributed by atoms with Gasteiger partial charge in [0.25, 0.3) is 5.56 Å². The minimum Gasteiger partial charge on any atom is -0.310 e. The van der Waals surface area contributed by atoms with E-state index in [0.717, 1.165) is 0 Å². The average Bonchev–Trinajstić information content (AvgIpc) is 2.64. The summed E-state index contributed by atoms with van der Waals surface area (Å²) in [6.45, 7) is 0. The highest BCUT2D eigenvalue weighted by molar-refractivity contribution is 6.31. The van der Waals surface area contributed by atoms with Gasteiger partial charge in [-0.1, -0.05) is 29.8 Å². The van der Waals surface area contributed by atoms with E-state index in [4.69, 9.17) is 11.6 Å². The Hall–Kier alpha value is -3.25. The third-order valence-electron chi connectivity index (χ3n) is 3.67. The van der Waals surface area contributed by atoms with Crippen molar-refractivity contribution in [3.05, 3.63) is 82.5 Å². The standard InChI is InChI=1S/C18H12ClN5O/c19-12-6-7-15-14(10-12)17(25)24(13-4-2-1-3-5-13)18(22-15)23-16-8-9-20-11-21-16/h1-11H,(H,20,21,22,23). The van der Waals surface area contributed by atoms with Crippen LogP contribution in [0.1, 0.15) is 0 Å². The van der Waals surface area contributed by atoms with Crippen molar-refractivity contribution >= 4 is 34.3 Å². The molecule has 0 unspecified atom stereocenters. The molecule has 2 heterocycles. The van der Waals surface area contributed by atoms with Crippen LogP contribution < -0.4 is 10.9 Å². The summed E-state index contributed by atoms with van der Waals surface area (Å²) < 4.78 is 1.50. The molecule has 1 N–H and O–H groups in total. The van der Waals surface area contributed by atoms with Crippen LogP contribution in [0.3, 0.4) is 0 Å². The van der Waals surface area contributed by atoms with E-state index in [9.17, 15) is 4.79 Å². The Morgan fingerprint density at radius 3 is 2.64 bits per heavy atom. The van der Waals surface area contributed by atoms with Gasteiger partial charge in [0.05, 0.1) is 16.6 Å². The van der Waals surface area contributed by atoms with E-state index in [-0.39, 0.29) is 5.56 Å². The summed E-state index contributed by atoms with van der Waals surface area (Å²) in [6, 6.07) is 16.0. The Labute approximate surface area is 147 Å². The molecular formula is C18H12ClN5O. The molecule has 0 saturated heterocycles. The van der Waals surface area contributed by atoms with Gasteiger partial charge < -0.3 is 5.32 Å². The lowest BCUT2D eigenvalue weighted by Gasteiger charge is -2.14. The maximum atomic E-state index is 13.1. The third-order valence-corrected chi connectivity index (χ3v) is 3.90. The van der Waals surface area contributed by atoms with Crippen LogP contribution in [0.2, 0.25) is 5.02 Å². The Morgan fingerprint density at radius 1 is 1.04 bits per heavy atom. The summed E-state index contributed by atoms with van der Waals surface area (Å²) in [5.41, 5.74) is 1.03. The van der Waals surface area contributed by atoms with Crippen molar-refractivity contribution in [3.63, 3.8) is 0 Å². The summed E-state index contributed by atoms with van der Waals surface area (Å²) in [5.74, 6) is 0.907. The first-order chi connectivity index (χ1) is 12.2. The molecule has 0 spiro atoms. The van der Waals surface area contributed by atoms with Crippen LogP contribution in [0.4, 0.5) is 11.8 Å². The van der Waals surface area contributed by atoms with Gasteiger partial charge in [-0.3, -0.25) is 4.79 Å². The fourth-order valence-corrected chi connectivity index (χ4v) is 2.71. The van der Waals surface area contributed by atoms with Gasteiger partial charge >= 0.3 is 0 Å². The zero-order valence-electron chi connectivity index (χ0n) is 12.9. The number of nitrogens with one attached hydrogen (secondary N) is 1. The topological polar surface area (TPSA) is 72.7 Å². The number of rotatable bonds is 3. The molecule has 0 saturated carbocycles. The van der Waals surface area contributed by atoms with Crippen LogP contribution in [0.15, 0.2) is 71.9 Å². The molecule has 0 amide bonds. The van der Waals surface area contributed by atoms with Crippen molar-refractivity contribution in [1.29, 1.82) is 0 Å². The fourth-order valence-electron chi connectivity index (χ4n) is 2.54. The Kier molecular flexibility index (Phi) is 3.87. The lowest BCUT2D eigenvalue weighted by molar-refractivity contribution is 0.969. The molecule has 0 bridgehead atoms. The normalized spacial score (nSPS) is 10.8. The quantitative estimate of drug-likeness (QED) is 0.612. The van der Waals surface area contributed by atoms with Gasteiger partial charge in [0.2, 0.25) is 5.95 Å². The molecule has 0 fully saturated rings. The molecule has 4 aromatic rings. The van der Waals surface area contributed by atoms with E-state index in [1.54, 1.807) is 30.5 Å². The first-order valence-electron chi connectivity index (χ1n) is 7.53. The van der Waals surface area contributed by atoms with Crippen LogP contribution in [0.5, 0.6) is 0 Å². The zero-order chi connectivity index (χ0) is 17.2. The number of benzene rings is 2. The number of hydrogen-bond donors (Lipinski definition) is 1. The molecule has 0 aliphatic carbocycles. The van der Waals surface area contributed by atoms with Gasteiger partial charge in [-0.05, 0) is 36.4 Å². The second-order valence-corrected chi connectivity index (χ2v) is 5.73. The Morgan fingerprint density at radius 2 is 1.88 bits per heavy atom. The van der Waals surface area contributed by atoms with Gasteiger partial charge in [0.1, 0.15) is 12.1 Å². The number of para-hydroxylation sites is 1. The smallest absolute Gasteiger partial charge is 0.267 e. The lowest BCUT2D eigenvalue weighted by Crippen LogP contribution is -2.23. The molecule has 4 rings (SSSR count). The lowest BCUT2D eigenvalue weighted by atomic mass is 10.2. The van der Waals surface area contributed by atoms with Gasteiger partial charge in [-0.25, -0.2) is 19.5 Å². The van der Waals surface area contributed by atoms with Crippen LogP contribution in [-0.4, -0.2) is 19.5 Å². The number of anilines is 2. The molecule has 2 aromatic carbocycles. The monoisotopic (exact) mass is 349 g/mol. The molecule has 0 aliphatic heterocycles. The largest absolute Gasteiger partial charge is 0.310 e. The highest BCUT2D eigenvalue weighted by Crippen LogP contribution is 2.21. The number of nitrogens with zero attached hydrogens (tertiary/aromatic N) is 4. The summed E-state index contributed by atoms with van der Waals surface area (Å²) >= 11 is 6.05. The molecule has 122 valence electrons. The molecule has 0 radical (unpaired) electrons. The Balaban J connectivity index is 1.99.